The second kappa shape index (κ2) is 23.5. The predicted molar refractivity (Wildman–Crippen MR) is 266 cm³/mol. The molecule has 1 atom stereocenters. The number of aromatic nitrogens is 1. The van der Waals surface area contributed by atoms with Crippen molar-refractivity contribution in [2.45, 2.75) is 85.5 Å². The first-order chi connectivity index (χ1) is 30.0. The monoisotopic (exact) mass is 797 g/mol. The van der Waals surface area contributed by atoms with Gasteiger partial charge >= 0.3 is 0 Å². The molecular formula is C60H63N. The molecule has 0 spiro atoms. The van der Waals surface area contributed by atoms with Crippen molar-refractivity contribution in [2.75, 3.05) is 0 Å². The third-order valence-corrected chi connectivity index (χ3v) is 10.9. The lowest BCUT2D eigenvalue weighted by atomic mass is 9.92. The zero-order chi connectivity index (χ0) is 42.7. The van der Waals surface area contributed by atoms with Crippen LogP contribution in [0.5, 0.6) is 0 Å². The van der Waals surface area contributed by atoms with Gasteiger partial charge in [0.05, 0.1) is 11.4 Å². The fourth-order valence-corrected chi connectivity index (χ4v) is 7.40. The predicted octanol–water partition coefficient (Wildman–Crippen LogP) is 17.2. The molecular weight excluding hydrogens is 735 g/mol. The Morgan fingerprint density at radius 2 is 1.26 bits per heavy atom. The van der Waals surface area contributed by atoms with Crippen molar-refractivity contribution >= 4 is 11.1 Å². The number of hydrogen-bond acceptors (Lipinski definition) is 1. The number of benzene rings is 5. The Balaban J connectivity index is 0.00000118. The van der Waals surface area contributed by atoms with Crippen LogP contribution in [-0.2, 0) is 6.42 Å². The summed E-state index contributed by atoms with van der Waals surface area (Å²) in [7, 11) is 0. The van der Waals surface area contributed by atoms with E-state index in [2.05, 4.69) is 221 Å². The fourth-order valence-electron chi connectivity index (χ4n) is 7.40. The van der Waals surface area contributed by atoms with E-state index in [4.69, 9.17) is 4.98 Å². The first kappa shape index (κ1) is 44.2. The van der Waals surface area contributed by atoms with Gasteiger partial charge < -0.3 is 0 Å². The van der Waals surface area contributed by atoms with Crippen LogP contribution in [0.1, 0.15) is 100.0 Å². The Labute approximate surface area is 367 Å². The van der Waals surface area contributed by atoms with E-state index in [1.54, 1.807) is 0 Å². The maximum atomic E-state index is 5.15. The Kier molecular flexibility index (Phi) is 17.0. The summed E-state index contributed by atoms with van der Waals surface area (Å²) in [5, 5.41) is 0. The Bertz CT molecular complexity index is 2450. The average Bonchev–Trinajstić information content (AvgIpc) is 4.23. The zero-order valence-electron chi connectivity index (χ0n) is 37.0. The summed E-state index contributed by atoms with van der Waals surface area (Å²) >= 11 is 0. The lowest BCUT2D eigenvalue weighted by Gasteiger charge is -2.13. The van der Waals surface area contributed by atoms with Crippen molar-refractivity contribution in [3.05, 3.63) is 234 Å². The SMILES string of the molecule is C1CC1.CC.CCC(/C=C(/C=C/C=C\Cc1cc(-c2ccccc2)nc(-c2ccc(-c3ccccc3C)cc2)c1)\C=C(/C)c1ccc(C2=CCCC=C2)cc1)c1ccccc1. The molecule has 0 radical (unpaired) electrons. The Morgan fingerprint density at radius 3 is 1.89 bits per heavy atom. The van der Waals surface area contributed by atoms with Crippen LogP contribution in [0.25, 0.3) is 44.8 Å². The second-order valence-corrected chi connectivity index (χ2v) is 15.7. The maximum absolute atomic E-state index is 5.15. The van der Waals surface area contributed by atoms with E-state index in [0.717, 1.165) is 48.2 Å². The van der Waals surface area contributed by atoms with Crippen LogP contribution in [0.3, 0.4) is 0 Å². The smallest absolute Gasteiger partial charge is 0.0712 e. The van der Waals surface area contributed by atoms with Gasteiger partial charge in [-0.3, -0.25) is 0 Å². The Hall–Kier alpha value is -6.31. The van der Waals surface area contributed by atoms with Crippen molar-refractivity contribution in [3.8, 4) is 33.6 Å². The molecule has 5 aromatic carbocycles. The molecule has 1 unspecified atom stereocenters. The standard InChI is InChI=1S/C55H51N.C3H6.C2H6/c1-4-45(47-22-11-6-12-23-47)38-43(37-42(3)46-29-31-49(32-30-46)48-24-13-7-14-25-48)20-9-5-10-21-44-39-54(51-26-15-8-16-27-51)56-55(40-44)52-35-33-50(34-36-52)53-28-18-17-19-41(53)2;1-2-3-1;1-2/h5-6,8-13,15-20,22-40,45H,4,7,14,21H2,1-3H3;1-3H2;1-2H3/b10-5-,20-9+,42-37+,43-38-;;. The summed E-state index contributed by atoms with van der Waals surface area (Å²) in [6, 6.07) is 52.2. The topological polar surface area (TPSA) is 12.9 Å². The minimum Gasteiger partial charge on any atom is -0.248 e. The quantitative estimate of drug-likeness (QED) is 0.106. The lowest BCUT2D eigenvalue weighted by Crippen LogP contribution is -1.94. The average molecular weight is 798 g/mol. The summed E-state index contributed by atoms with van der Waals surface area (Å²) in [6.07, 6.45) is 29.0. The highest BCUT2D eigenvalue weighted by molar-refractivity contribution is 5.77. The Morgan fingerprint density at radius 1 is 0.656 bits per heavy atom. The molecule has 1 fully saturated rings. The van der Waals surface area contributed by atoms with E-state index in [0.29, 0.717) is 5.92 Å². The van der Waals surface area contributed by atoms with Crippen LogP contribution in [0.4, 0.5) is 0 Å². The molecule has 1 heterocycles. The number of pyridine rings is 1. The molecule has 8 rings (SSSR count). The highest BCUT2D eigenvalue weighted by Crippen LogP contribution is 2.30. The van der Waals surface area contributed by atoms with Gasteiger partial charge in [0.25, 0.3) is 0 Å². The molecule has 2 aliphatic carbocycles. The number of allylic oxidation sites excluding steroid dienone is 12. The van der Waals surface area contributed by atoms with Gasteiger partial charge in [-0.2, -0.15) is 0 Å². The maximum Gasteiger partial charge on any atom is 0.0712 e. The molecule has 0 bridgehead atoms. The van der Waals surface area contributed by atoms with E-state index < -0.39 is 0 Å². The van der Waals surface area contributed by atoms with Gasteiger partial charge in [0.2, 0.25) is 0 Å². The van der Waals surface area contributed by atoms with Gasteiger partial charge in [-0.1, -0.05) is 228 Å². The zero-order valence-corrected chi connectivity index (χ0v) is 37.0. The molecule has 0 N–H and O–H groups in total. The summed E-state index contributed by atoms with van der Waals surface area (Å²) in [6.45, 7) is 10.7. The second-order valence-electron chi connectivity index (χ2n) is 15.7. The van der Waals surface area contributed by atoms with Crippen molar-refractivity contribution in [1.82, 2.24) is 4.98 Å². The molecule has 2 aliphatic rings. The summed E-state index contributed by atoms with van der Waals surface area (Å²) in [4.78, 5) is 5.15. The van der Waals surface area contributed by atoms with Crippen LogP contribution in [-0.4, -0.2) is 4.98 Å². The number of rotatable bonds is 13. The number of hydrogen-bond donors (Lipinski definition) is 0. The number of aryl methyl sites for hydroxylation is 1. The van der Waals surface area contributed by atoms with Crippen LogP contribution < -0.4 is 0 Å². The van der Waals surface area contributed by atoms with Gasteiger partial charge in [-0.25, -0.2) is 4.98 Å². The van der Waals surface area contributed by atoms with Crippen molar-refractivity contribution in [1.29, 1.82) is 0 Å². The molecule has 0 amide bonds. The van der Waals surface area contributed by atoms with Crippen LogP contribution >= 0.6 is 0 Å². The lowest BCUT2D eigenvalue weighted by molar-refractivity contribution is 0.802. The molecule has 61 heavy (non-hydrogen) atoms. The summed E-state index contributed by atoms with van der Waals surface area (Å²) < 4.78 is 0. The van der Waals surface area contributed by atoms with Crippen molar-refractivity contribution < 1.29 is 0 Å². The van der Waals surface area contributed by atoms with Crippen LogP contribution in [0.15, 0.2) is 206 Å². The number of nitrogens with zero attached hydrogens (tertiary/aromatic N) is 1. The fraction of sp³-hybridized carbons (Fsp3) is 0.217. The third kappa shape index (κ3) is 13.3. The summed E-state index contributed by atoms with van der Waals surface area (Å²) in [5.74, 6) is 0.328. The van der Waals surface area contributed by atoms with Gasteiger partial charge in [-0.15, -0.1) is 0 Å². The van der Waals surface area contributed by atoms with E-state index in [9.17, 15) is 0 Å². The molecule has 0 aliphatic heterocycles. The minimum atomic E-state index is 0.328. The normalized spacial score (nSPS) is 14.1. The third-order valence-electron chi connectivity index (χ3n) is 10.9. The first-order valence-electron chi connectivity index (χ1n) is 22.5. The van der Waals surface area contributed by atoms with E-state index in [1.165, 1.54) is 74.9 Å². The summed E-state index contributed by atoms with van der Waals surface area (Å²) in [5.41, 5.74) is 16.8. The van der Waals surface area contributed by atoms with Crippen molar-refractivity contribution in [3.63, 3.8) is 0 Å². The van der Waals surface area contributed by atoms with Gasteiger partial charge in [0.15, 0.2) is 0 Å². The molecule has 1 aromatic heterocycles. The minimum absolute atomic E-state index is 0.328. The van der Waals surface area contributed by atoms with Crippen LogP contribution in [0.2, 0.25) is 0 Å². The molecule has 308 valence electrons. The molecule has 1 heteroatoms. The molecule has 0 saturated heterocycles. The van der Waals surface area contributed by atoms with Gasteiger partial charge in [0.1, 0.15) is 0 Å². The highest BCUT2D eigenvalue weighted by atomic mass is 14.7. The van der Waals surface area contributed by atoms with Gasteiger partial charge in [-0.05, 0) is 107 Å². The van der Waals surface area contributed by atoms with E-state index in [1.807, 2.05) is 13.8 Å². The molecule has 1 nitrogen and oxygen atoms in total. The van der Waals surface area contributed by atoms with Gasteiger partial charge in [0, 0.05) is 17.0 Å². The highest BCUT2D eigenvalue weighted by Gasteiger charge is 2.10. The largest absolute Gasteiger partial charge is 0.248 e. The van der Waals surface area contributed by atoms with Crippen molar-refractivity contribution in [2.24, 2.45) is 0 Å². The van der Waals surface area contributed by atoms with E-state index >= 15 is 0 Å². The first-order valence-corrected chi connectivity index (χ1v) is 22.5. The van der Waals surface area contributed by atoms with E-state index in [-0.39, 0.29) is 0 Å². The molecule has 1 saturated carbocycles. The van der Waals surface area contributed by atoms with Crippen LogP contribution in [0, 0.1) is 6.92 Å². The molecule has 6 aromatic rings.